The van der Waals surface area contributed by atoms with E-state index in [4.69, 9.17) is 11.6 Å². The van der Waals surface area contributed by atoms with Crippen molar-refractivity contribution >= 4 is 11.6 Å². The molecule has 0 fully saturated rings. The lowest BCUT2D eigenvalue weighted by atomic mass is 10.1. The number of benzene rings is 1. The molecule has 0 aliphatic heterocycles. The summed E-state index contributed by atoms with van der Waals surface area (Å²) in [6.45, 7) is 1.97. The van der Waals surface area contributed by atoms with Gasteiger partial charge in [0, 0.05) is 11.3 Å². The quantitative estimate of drug-likeness (QED) is 0.832. The summed E-state index contributed by atoms with van der Waals surface area (Å²) in [6.07, 6.45) is 0.739. The van der Waals surface area contributed by atoms with Crippen LogP contribution >= 0.6 is 11.6 Å². The molecule has 0 aliphatic carbocycles. The molecule has 0 saturated heterocycles. The summed E-state index contributed by atoms with van der Waals surface area (Å²) in [7, 11) is 0. The molecule has 0 saturated carbocycles. The van der Waals surface area contributed by atoms with E-state index in [1.165, 1.54) is 6.07 Å². The van der Waals surface area contributed by atoms with Crippen LogP contribution in [-0.2, 0) is 6.42 Å². The predicted molar refractivity (Wildman–Crippen MR) is 58.4 cm³/mol. The van der Waals surface area contributed by atoms with Crippen molar-refractivity contribution in [3.05, 3.63) is 41.1 Å². The van der Waals surface area contributed by atoms with Crippen molar-refractivity contribution in [2.45, 2.75) is 13.3 Å². The normalized spacial score (nSPS) is 10.6. The number of rotatable bonds is 2. The smallest absolute Gasteiger partial charge is 0.200 e. The van der Waals surface area contributed by atoms with Crippen LogP contribution in [0.1, 0.15) is 12.6 Å². The molecule has 1 N–H and O–H groups in total. The van der Waals surface area contributed by atoms with E-state index < -0.39 is 0 Å². The SMILES string of the molecule is CCc1[nH]c(Cl)nc1-c1ccccc1F. The van der Waals surface area contributed by atoms with Gasteiger partial charge in [-0.3, -0.25) is 0 Å². The fourth-order valence-corrected chi connectivity index (χ4v) is 1.71. The average molecular weight is 225 g/mol. The highest BCUT2D eigenvalue weighted by Crippen LogP contribution is 2.25. The maximum absolute atomic E-state index is 13.5. The molecule has 2 nitrogen and oxygen atoms in total. The Morgan fingerprint density at radius 3 is 2.80 bits per heavy atom. The van der Waals surface area contributed by atoms with Crippen LogP contribution in [-0.4, -0.2) is 9.97 Å². The van der Waals surface area contributed by atoms with Gasteiger partial charge in [-0.15, -0.1) is 0 Å². The van der Waals surface area contributed by atoms with Gasteiger partial charge in [-0.1, -0.05) is 19.1 Å². The maximum atomic E-state index is 13.5. The summed E-state index contributed by atoms with van der Waals surface area (Å²) in [6, 6.07) is 6.54. The zero-order chi connectivity index (χ0) is 10.8. The second-order valence-corrected chi connectivity index (χ2v) is 3.55. The molecule has 0 unspecified atom stereocenters. The number of imidazole rings is 1. The van der Waals surface area contributed by atoms with Crippen molar-refractivity contribution < 1.29 is 4.39 Å². The van der Waals surface area contributed by atoms with Crippen molar-refractivity contribution in [1.82, 2.24) is 9.97 Å². The Kier molecular flexibility index (Phi) is 2.73. The van der Waals surface area contributed by atoms with Crippen molar-refractivity contribution in [3.8, 4) is 11.3 Å². The molecule has 2 rings (SSSR count). The van der Waals surface area contributed by atoms with Crippen molar-refractivity contribution in [2.75, 3.05) is 0 Å². The molecule has 0 radical (unpaired) electrons. The molecule has 0 atom stereocenters. The molecular weight excluding hydrogens is 215 g/mol. The zero-order valence-corrected chi connectivity index (χ0v) is 8.98. The number of aromatic nitrogens is 2. The van der Waals surface area contributed by atoms with Gasteiger partial charge in [0.2, 0.25) is 5.28 Å². The lowest BCUT2D eigenvalue weighted by molar-refractivity contribution is 0.630. The summed E-state index contributed by atoms with van der Waals surface area (Å²) < 4.78 is 13.5. The number of hydrogen-bond acceptors (Lipinski definition) is 1. The first-order valence-electron chi connectivity index (χ1n) is 4.71. The Labute approximate surface area is 92.1 Å². The van der Waals surface area contributed by atoms with Crippen LogP contribution in [0.3, 0.4) is 0 Å². The van der Waals surface area contributed by atoms with E-state index in [0.717, 1.165) is 12.1 Å². The highest BCUT2D eigenvalue weighted by Gasteiger charge is 2.12. The number of nitrogens with one attached hydrogen (secondary N) is 1. The van der Waals surface area contributed by atoms with Crippen LogP contribution in [0.25, 0.3) is 11.3 Å². The number of aryl methyl sites for hydroxylation is 1. The van der Waals surface area contributed by atoms with Gasteiger partial charge in [0.05, 0.1) is 5.69 Å². The van der Waals surface area contributed by atoms with Crippen LogP contribution < -0.4 is 0 Å². The molecule has 0 aliphatic rings. The van der Waals surface area contributed by atoms with Gasteiger partial charge in [0.15, 0.2) is 0 Å². The predicted octanol–water partition coefficient (Wildman–Crippen LogP) is 3.43. The summed E-state index contributed by atoms with van der Waals surface area (Å²) in [5.74, 6) is -0.282. The Morgan fingerprint density at radius 2 is 2.13 bits per heavy atom. The van der Waals surface area contributed by atoms with E-state index in [-0.39, 0.29) is 5.82 Å². The Morgan fingerprint density at radius 1 is 1.40 bits per heavy atom. The van der Waals surface area contributed by atoms with E-state index >= 15 is 0 Å². The maximum Gasteiger partial charge on any atom is 0.200 e. The molecule has 4 heteroatoms. The first kappa shape index (κ1) is 10.2. The first-order valence-corrected chi connectivity index (χ1v) is 5.09. The zero-order valence-electron chi connectivity index (χ0n) is 8.22. The summed E-state index contributed by atoms with van der Waals surface area (Å²) >= 11 is 5.76. The molecule has 0 amide bonds. The molecule has 2 aromatic rings. The van der Waals surface area contributed by atoms with E-state index in [1.54, 1.807) is 18.2 Å². The number of hydrogen-bond donors (Lipinski definition) is 1. The third-order valence-electron chi connectivity index (χ3n) is 2.23. The minimum Gasteiger partial charge on any atom is -0.332 e. The molecule has 15 heavy (non-hydrogen) atoms. The third kappa shape index (κ3) is 1.88. The van der Waals surface area contributed by atoms with E-state index in [1.807, 2.05) is 6.92 Å². The largest absolute Gasteiger partial charge is 0.332 e. The monoisotopic (exact) mass is 224 g/mol. The highest BCUT2D eigenvalue weighted by molar-refractivity contribution is 6.28. The standard InChI is InChI=1S/C11H10ClFN2/c1-2-9-10(15-11(12)14-9)7-5-3-4-6-8(7)13/h3-6H,2H2,1H3,(H,14,15). The fourth-order valence-electron chi connectivity index (χ4n) is 1.51. The first-order chi connectivity index (χ1) is 7.22. The molecule has 1 heterocycles. The summed E-state index contributed by atoms with van der Waals surface area (Å²) in [4.78, 5) is 6.99. The Hall–Kier alpha value is -1.35. The van der Waals surface area contributed by atoms with Crippen molar-refractivity contribution in [3.63, 3.8) is 0 Å². The molecule has 0 spiro atoms. The van der Waals surface area contributed by atoms with Gasteiger partial charge >= 0.3 is 0 Å². The fraction of sp³-hybridized carbons (Fsp3) is 0.182. The van der Waals surface area contributed by atoms with E-state index in [9.17, 15) is 4.39 Å². The van der Waals surface area contributed by atoms with Gasteiger partial charge in [-0.05, 0) is 30.2 Å². The topological polar surface area (TPSA) is 28.7 Å². The number of aromatic amines is 1. The van der Waals surface area contributed by atoms with Crippen LogP contribution in [0.4, 0.5) is 4.39 Å². The minimum atomic E-state index is -0.282. The second-order valence-electron chi connectivity index (χ2n) is 3.19. The van der Waals surface area contributed by atoms with Crippen LogP contribution in [0.5, 0.6) is 0 Å². The highest BCUT2D eigenvalue weighted by atomic mass is 35.5. The van der Waals surface area contributed by atoms with Gasteiger partial charge in [-0.2, -0.15) is 0 Å². The Bertz CT molecular complexity index is 479. The van der Waals surface area contributed by atoms with Gasteiger partial charge in [0.1, 0.15) is 5.82 Å². The summed E-state index contributed by atoms with van der Waals surface area (Å²) in [5.41, 5.74) is 1.93. The number of H-pyrrole nitrogens is 1. The second kappa shape index (κ2) is 4.03. The minimum absolute atomic E-state index is 0.282. The van der Waals surface area contributed by atoms with Crippen LogP contribution in [0.15, 0.2) is 24.3 Å². The Balaban J connectivity index is 2.58. The lowest BCUT2D eigenvalue weighted by Crippen LogP contribution is -1.89. The summed E-state index contributed by atoms with van der Waals surface area (Å²) in [5, 5.41) is 0.296. The van der Waals surface area contributed by atoms with Gasteiger partial charge < -0.3 is 4.98 Å². The van der Waals surface area contributed by atoms with Gasteiger partial charge in [-0.25, -0.2) is 9.37 Å². The van der Waals surface area contributed by atoms with Crippen molar-refractivity contribution in [2.24, 2.45) is 0 Å². The van der Waals surface area contributed by atoms with Crippen molar-refractivity contribution in [1.29, 1.82) is 0 Å². The van der Waals surface area contributed by atoms with Gasteiger partial charge in [0.25, 0.3) is 0 Å². The number of halogens is 2. The molecule has 78 valence electrons. The third-order valence-corrected chi connectivity index (χ3v) is 2.41. The molecule has 1 aromatic heterocycles. The van der Waals surface area contributed by atoms with E-state index in [2.05, 4.69) is 9.97 Å². The van der Waals surface area contributed by atoms with Crippen LogP contribution in [0.2, 0.25) is 5.28 Å². The lowest BCUT2D eigenvalue weighted by Gasteiger charge is -2.01. The molecule has 1 aromatic carbocycles. The molecule has 0 bridgehead atoms. The van der Waals surface area contributed by atoms with E-state index in [0.29, 0.717) is 16.5 Å². The van der Waals surface area contributed by atoms with Crippen LogP contribution in [0, 0.1) is 5.82 Å². The molecular formula is C11H10ClFN2. The number of nitrogens with zero attached hydrogens (tertiary/aromatic N) is 1. The average Bonchev–Trinajstić information content (AvgIpc) is 2.60.